The average Bonchev–Trinajstić information content (AvgIpc) is 2.62. The normalized spacial score (nSPS) is 16.9. The van der Waals surface area contributed by atoms with Crippen molar-refractivity contribution in [1.29, 1.82) is 0 Å². The lowest BCUT2D eigenvalue weighted by Crippen LogP contribution is -2.45. The maximum Gasteiger partial charge on any atom is 0.614 e. The minimum absolute atomic E-state index is 0.0376. The minimum Gasteiger partial charge on any atom is -0.498 e. The Morgan fingerprint density at radius 2 is 1.46 bits per heavy atom. The molecule has 0 radical (unpaired) electrons. The van der Waals surface area contributed by atoms with Crippen LogP contribution in [0.2, 0.25) is 0 Å². The molecule has 2 aromatic rings. The van der Waals surface area contributed by atoms with Crippen LogP contribution in [0.15, 0.2) is 54.6 Å². The Morgan fingerprint density at radius 3 is 2.00 bits per heavy atom. The van der Waals surface area contributed by atoms with Crippen LogP contribution in [0, 0.1) is 0 Å². The fraction of sp³-hybridized carbons (Fsp3) is 0.211. The molecule has 1 saturated heterocycles. The fourth-order valence-corrected chi connectivity index (χ4v) is 2.83. The van der Waals surface area contributed by atoms with Crippen LogP contribution < -0.4 is 0 Å². The first-order chi connectivity index (χ1) is 12.6. The van der Waals surface area contributed by atoms with Crippen LogP contribution in [0.1, 0.15) is 11.4 Å². The van der Waals surface area contributed by atoms with Crippen molar-refractivity contribution in [2.75, 3.05) is 20.1 Å². The molecule has 7 heteroatoms. The summed E-state index contributed by atoms with van der Waals surface area (Å²) in [7, 11) is 0.353. The molecule has 0 saturated carbocycles. The zero-order valence-corrected chi connectivity index (χ0v) is 14.3. The SMILES string of the molecule is CN1CC(=O)OB(C(C=O)c2ccc(-c3ccccc3)cc2)OC(=O)C1. The Morgan fingerprint density at radius 1 is 0.923 bits per heavy atom. The van der Waals surface area contributed by atoms with Gasteiger partial charge in [-0.2, -0.15) is 0 Å². The maximum absolute atomic E-state index is 11.9. The van der Waals surface area contributed by atoms with Crippen LogP contribution in [0.25, 0.3) is 11.1 Å². The van der Waals surface area contributed by atoms with Gasteiger partial charge < -0.3 is 14.1 Å². The van der Waals surface area contributed by atoms with Crippen molar-refractivity contribution < 1.29 is 23.7 Å². The van der Waals surface area contributed by atoms with E-state index in [0.29, 0.717) is 11.8 Å². The Kier molecular flexibility index (Phi) is 5.48. The molecule has 0 spiro atoms. The Hall–Kier alpha value is -2.93. The number of carbonyl (C=O) groups is 3. The number of benzene rings is 2. The molecule has 3 rings (SSSR count). The molecular weight excluding hydrogens is 333 g/mol. The van der Waals surface area contributed by atoms with E-state index in [4.69, 9.17) is 9.31 Å². The van der Waals surface area contributed by atoms with Crippen molar-refractivity contribution in [3.05, 3.63) is 60.2 Å². The molecular formula is C19H18BNO5. The van der Waals surface area contributed by atoms with Crippen molar-refractivity contribution in [2.45, 2.75) is 5.82 Å². The number of aldehydes is 1. The first-order valence-corrected chi connectivity index (χ1v) is 8.25. The third-order valence-electron chi connectivity index (χ3n) is 4.14. The standard InChI is InChI=1S/C19H18BNO5/c1-21-11-18(23)25-20(26-19(24)12-21)17(13-22)16-9-7-15(8-10-16)14-5-3-2-4-6-14/h2-10,13,17H,11-12H2,1H3. The third kappa shape index (κ3) is 4.18. The Bertz CT molecular complexity index is 773. The van der Waals surface area contributed by atoms with E-state index in [1.807, 2.05) is 42.5 Å². The smallest absolute Gasteiger partial charge is 0.498 e. The molecule has 0 bridgehead atoms. The van der Waals surface area contributed by atoms with Crippen molar-refractivity contribution in [3.63, 3.8) is 0 Å². The Balaban J connectivity index is 1.82. The highest BCUT2D eigenvalue weighted by Crippen LogP contribution is 2.24. The van der Waals surface area contributed by atoms with E-state index in [-0.39, 0.29) is 13.1 Å². The number of rotatable bonds is 4. The number of carbonyl (C=O) groups excluding carboxylic acids is 3. The summed E-state index contributed by atoms with van der Waals surface area (Å²) < 4.78 is 10.4. The first-order valence-electron chi connectivity index (χ1n) is 8.25. The molecule has 132 valence electrons. The molecule has 1 fully saturated rings. The van der Waals surface area contributed by atoms with E-state index in [1.165, 1.54) is 4.90 Å². The quantitative estimate of drug-likeness (QED) is 0.617. The van der Waals surface area contributed by atoms with Gasteiger partial charge in [-0.05, 0) is 23.7 Å². The lowest BCUT2D eigenvalue weighted by molar-refractivity contribution is -0.145. The van der Waals surface area contributed by atoms with Crippen LogP contribution in [-0.4, -0.2) is 50.4 Å². The van der Waals surface area contributed by atoms with E-state index in [2.05, 4.69) is 0 Å². The van der Waals surface area contributed by atoms with Crippen molar-refractivity contribution in [3.8, 4) is 11.1 Å². The van der Waals surface area contributed by atoms with Gasteiger partial charge in [0.25, 0.3) is 0 Å². The largest absolute Gasteiger partial charge is 0.614 e. The molecule has 26 heavy (non-hydrogen) atoms. The molecule has 2 aromatic carbocycles. The first kappa shape index (κ1) is 17.9. The number of nitrogens with zero attached hydrogens (tertiary/aromatic N) is 1. The number of hydrogen-bond acceptors (Lipinski definition) is 6. The van der Waals surface area contributed by atoms with Crippen LogP contribution in [0.3, 0.4) is 0 Å². The van der Waals surface area contributed by atoms with Crippen molar-refractivity contribution in [1.82, 2.24) is 4.90 Å². The van der Waals surface area contributed by atoms with Gasteiger partial charge in [0.1, 0.15) is 12.1 Å². The summed E-state index contributed by atoms with van der Waals surface area (Å²) in [5.41, 5.74) is 2.65. The molecule has 1 aliphatic rings. The van der Waals surface area contributed by atoms with Crippen LogP contribution in [-0.2, 0) is 23.7 Å². The van der Waals surface area contributed by atoms with Gasteiger partial charge in [-0.25, -0.2) is 0 Å². The average molecular weight is 351 g/mol. The van der Waals surface area contributed by atoms with Crippen molar-refractivity contribution in [2.24, 2.45) is 0 Å². The van der Waals surface area contributed by atoms with E-state index in [9.17, 15) is 14.4 Å². The molecule has 0 amide bonds. The maximum atomic E-state index is 11.9. The second-order valence-electron chi connectivity index (χ2n) is 6.17. The molecule has 0 aromatic heterocycles. The highest BCUT2D eigenvalue weighted by Gasteiger charge is 2.40. The summed E-state index contributed by atoms with van der Waals surface area (Å²) in [6, 6.07) is 17.1. The van der Waals surface area contributed by atoms with E-state index in [0.717, 1.165) is 11.1 Å². The van der Waals surface area contributed by atoms with Crippen LogP contribution in [0.5, 0.6) is 0 Å². The molecule has 1 atom stereocenters. The molecule has 0 N–H and O–H groups in total. The van der Waals surface area contributed by atoms with E-state index >= 15 is 0 Å². The summed E-state index contributed by atoms with van der Waals surface area (Å²) in [6.07, 6.45) is 0.633. The van der Waals surface area contributed by atoms with E-state index < -0.39 is 24.9 Å². The van der Waals surface area contributed by atoms with Crippen LogP contribution >= 0.6 is 0 Å². The van der Waals surface area contributed by atoms with Gasteiger partial charge in [0.15, 0.2) is 0 Å². The summed E-state index contributed by atoms with van der Waals surface area (Å²) in [5, 5.41) is 0. The van der Waals surface area contributed by atoms with Gasteiger partial charge in [0.2, 0.25) is 0 Å². The van der Waals surface area contributed by atoms with Gasteiger partial charge in [-0.1, -0.05) is 54.6 Å². The second kappa shape index (κ2) is 7.97. The number of likely N-dealkylation sites (N-methyl/N-ethyl adjacent to an activating group) is 1. The predicted molar refractivity (Wildman–Crippen MR) is 96.1 cm³/mol. The molecule has 6 nitrogen and oxygen atoms in total. The molecule has 1 aliphatic heterocycles. The van der Waals surface area contributed by atoms with Crippen LogP contribution in [0.4, 0.5) is 0 Å². The summed E-state index contributed by atoms with van der Waals surface area (Å²) >= 11 is 0. The highest BCUT2D eigenvalue weighted by atomic mass is 16.6. The lowest BCUT2D eigenvalue weighted by Gasteiger charge is -2.25. The van der Waals surface area contributed by atoms with Gasteiger partial charge in [-0.3, -0.25) is 14.5 Å². The second-order valence-corrected chi connectivity index (χ2v) is 6.17. The van der Waals surface area contributed by atoms with Gasteiger partial charge in [-0.15, -0.1) is 0 Å². The van der Waals surface area contributed by atoms with Gasteiger partial charge in [0.05, 0.1) is 13.1 Å². The monoisotopic (exact) mass is 351 g/mol. The van der Waals surface area contributed by atoms with Gasteiger partial charge in [0, 0.05) is 0 Å². The summed E-state index contributed by atoms with van der Waals surface area (Å²) in [4.78, 5) is 36.9. The molecule has 1 unspecified atom stereocenters. The minimum atomic E-state index is -1.26. The summed E-state index contributed by atoms with van der Waals surface area (Å²) in [6.45, 7) is -0.0752. The van der Waals surface area contributed by atoms with Gasteiger partial charge >= 0.3 is 19.1 Å². The number of hydrogen-bond donors (Lipinski definition) is 0. The predicted octanol–water partition coefficient (Wildman–Crippen LogP) is 1.70. The fourth-order valence-electron chi connectivity index (χ4n) is 2.83. The van der Waals surface area contributed by atoms with Crippen molar-refractivity contribution >= 4 is 25.3 Å². The summed E-state index contributed by atoms with van der Waals surface area (Å²) in [5.74, 6) is -1.97. The molecule has 0 aliphatic carbocycles. The molecule has 1 heterocycles. The zero-order valence-electron chi connectivity index (χ0n) is 14.3. The Labute approximate surface area is 151 Å². The lowest BCUT2D eigenvalue weighted by atomic mass is 9.68. The highest BCUT2D eigenvalue weighted by molar-refractivity contribution is 6.54. The topological polar surface area (TPSA) is 72.9 Å². The van der Waals surface area contributed by atoms with E-state index in [1.54, 1.807) is 19.2 Å². The third-order valence-corrected chi connectivity index (χ3v) is 4.14. The zero-order chi connectivity index (χ0) is 18.5.